The van der Waals surface area contributed by atoms with Crippen molar-refractivity contribution in [1.29, 1.82) is 0 Å². The Morgan fingerprint density at radius 1 is 1.28 bits per heavy atom. The van der Waals surface area contributed by atoms with Gasteiger partial charge in [-0.05, 0) is 53.8 Å². The summed E-state index contributed by atoms with van der Waals surface area (Å²) in [4.78, 5) is 28.6. The van der Waals surface area contributed by atoms with Gasteiger partial charge in [0.2, 0.25) is 5.91 Å². The van der Waals surface area contributed by atoms with Crippen LogP contribution in [0.2, 0.25) is 0 Å². The molecule has 1 N–H and O–H groups in total. The van der Waals surface area contributed by atoms with E-state index in [9.17, 15) is 9.59 Å². The number of aromatic amines is 1. The third-order valence-corrected chi connectivity index (χ3v) is 6.13. The zero-order chi connectivity index (χ0) is 20.1. The van der Waals surface area contributed by atoms with Crippen molar-refractivity contribution in [2.75, 3.05) is 19.6 Å². The van der Waals surface area contributed by atoms with Crippen LogP contribution in [0.1, 0.15) is 21.5 Å². The molecular formula is C23H22N4O2. The highest BCUT2D eigenvalue weighted by Crippen LogP contribution is 2.34. The zero-order valence-corrected chi connectivity index (χ0v) is 16.3. The first-order valence-corrected chi connectivity index (χ1v) is 9.85. The summed E-state index contributed by atoms with van der Waals surface area (Å²) in [5.41, 5.74) is 6.12. The molecule has 0 saturated carbocycles. The third-order valence-electron chi connectivity index (χ3n) is 6.13. The lowest BCUT2D eigenvalue weighted by Gasteiger charge is -2.46. The minimum Gasteiger partial charge on any atom is -0.335 e. The third kappa shape index (κ3) is 2.75. The van der Waals surface area contributed by atoms with Crippen LogP contribution in [0, 0.1) is 6.92 Å². The highest BCUT2D eigenvalue weighted by molar-refractivity contribution is 6.01. The number of hydrogen-bond donors (Lipinski definition) is 1. The van der Waals surface area contributed by atoms with Gasteiger partial charge in [0.15, 0.2) is 0 Å². The van der Waals surface area contributed by atoms with E-state index in [0.29, 0.717) is 19.6 Å². The number of benzene rings is 2. The fourth-order valence-corrected chi connectivity index (χ4v) is 4.47. The van der Waals surface area contributed by atoms with Gasteiger partial charge in [0.25, 0.3) is 5.91 Å². The molecule has 2 aromatic carbocycles. The SMILES string of the molecule is C=CC(=O)N1CC(N2CCc3ccc(-c4c(C)ccc5[nH]ncc45)cc3C2=O)C1. The molecule has 0 radical (unpaired) electrons. The molecule has 146 valence electrons. The minimum atomic E-state index is -0.0722. The van der Waals surface area contributed by atoms with Crippen LogP contribution >= 0.6 is 0 Å². The van der Waals surface area contributed by atoms with Crippen LogP contribution in [0.25, 0.3) is 22.0 Å². The summed E-state index contributed by atoms with van der Waals surface area (Å²) in [6.07, 6.45) is 4.00. The number of aromatic nitrogens is 2. The molecule has 3 aromatic rings. The number of carbonyl (C=O) groups is 2. The van der Waals surface area contributed by atoms with Crippen molar-refractivity contribution in [2.45, 2.75) is 19.4 Å². The summed E-state index contributed by atoms with van der Waals surface area (Å²) in [6, 6.07) is 10.4. The summed E-state index contributed by atoms with van der Waals surface area (Å²) < 4.78 is 0. The maximum atomic E-state index is 13.3. The highest BCUT2D eigenvalue weighted by Gasteiger charge is 2.38. The standard InChI is InChI=1S/C23H22N4O2/c1-3-21(28)26-12-17(13-26)27-9-8-15-5-6-16(10-18(15)23(27)29)22-14(2)4-7-20-19(22)11-24-25-20/h3-7,10-11,17H,1,8-9,12-13H2,2H3,(H,24,25). The van der Waals surface area contributed by atoms with Gasteiger partial charge in [-0.3, -0.25) is 14.7 Å². The van der Waals surface area contributed by atoms with Crippen molar-refractivity contribution in [1.82, 2.24) is 20.0 Å². The first-order valence-electron chi connectivity index (χ1n) is 9.85. The predicted molar refractivity (Wildman–Crippen MR) is 112 cm³/mol. The normalized spacial score (nSPS) is 16.7. The van der Waals surface area contributed by atoms with Crippen LogP contribution in [0.5, 0.6) is 0 Å². The lowest BCUT2D eigenvalue weighted by Crippen LogP contribution is -2.63. The maximum absolute atomic E-state index is 13.3. The Balaban J connectivity index is 1.48. The largest absolute Gasteiger partial charge is 0.335 e. The van der Waals surface area contributed by atoms with E-state index in [4.69, 9.17) is 0 Å². The number of fused-ring (bicyclic) bond motifs is 2. The molecule has 0 aliphatic carbocycles. The Morgan fingerprint density at radius 3 is 2.90 bits per heavy atom. The molecule has 1 fully saturated rings. The van der Waals surface area contributed by atoms with E-state index in [-0.39, 0.29) is 17.9 Å². The second-order valence-electron chi connectivity index (χ2n) is 7.81. The molecule has 0 atom stereocenters. The Morgan fingerprint density at radius 2 is 2.10 bits per heavy atom. The zero-order valence-electron chi connectivity index (χ0n) is 16.3. The maximum Gasteiger partial charge on any atom is 0.254 e. The van der Waals surface area contributed by atoms with E-state index in [0.717, 1.165) is 45.1 Å². The van der Waals surface area contributed by atoms with Crippen molar-refractivity contribution in [3.8, 4) is 11.1 Å². The molecule has 5 rings (SSSR count). The molecule has 0 spiro atoms. The predicted octanol–water partition coefficient (Wildman–Crippen LogP) is 2.93. The average molecular weight is 386 g/mol. The van der Waals surface area contributed by atoms with Gasteiger partial charge in [-0.2, -0.15) is 5.10 Å². The van der Waals surface area contributed by atoms with Crippen LogP contribution in [-0.4, -0.2) is 57.5 Å². The van der Waals surface area contributed by atoms with Crippen molar-refractivity contribution in [3.63, 3.8) is 0 Å². The molecule has 1 saturated heterocycles. The molecule has 3 heterocycles. The van der Waals surface area contributed by atoms with E-state index in [1.54, 1.807) is 4.90 Å². The molecule has 2 amide bonds. The minimum absolute atomic E-state index is 0.0563. The van der Waals surface area contributed by atoms with Gasteiger partial charge in [-0.15, -0.1) is 0 Å². The number of nitrogens with one attached hydrogen (secondary N) is 1. The fraction of sp³-hybridized carbons (Fsp3) is 0.261. The quantitative estimate of drug-likeness (QED) is 0.704. The number of hydrogen-bond acceptors (Lipinski definition) is 3. The molecule has 6 heteroatoms. The number of nitrogens with zero attached hydrogens (tertiary/aromatic N) is 3. The topological polar surface area (TPSA) is 69.3 Å². The van der Waals surface area contributed by atoms with Crippen molar-refractivity contribution in [3.05, 3.63) is 65.9 Å². The molecule has 29 heavy (non-hydrogen) atoms. The number of H-pyrrole nitrogens is 1. The monoisotopic (exact) mass is 386 g/mol. The van der Waals surface area contributed by atoms with Crippen molar-refractivity contribution in [2.24, 2.45) is 0 Å². The number of rotatable bonds is 3. The Labute approximate surface area is 168 Å². The lowest BCUT2D eigenvalue weighted by molar-refractivity contribution is -0.132. The summed E-state index contributed by atoms with van der Waals surface area (Å²) in [5.74, 6) is -0.0158. The van der Waals surface area contributed by atoms with E-state index in [1.807, 2.05) is 23.2 Å². The van der Waals surface area contributed by atoms with Gasteiger partial charge in [-0.25, -0.2) is 0 Å². The number of likely N-dealkylation sites (tertiary alicyclic amines) is 1. The van der Waals surface area contributed by atoms with E-state index >= 15 is 0 Å². The van der Waals surface area contributed by atoms with Gasteiger partial charge in [-0.1, -0.05) is 24.8 Å². The second-order valence-corrected chi connectivity index (χ2v) is 7.81. The fourth-order valence-electron chi connectivity index (χ4n) is 4.47. The first-order chi connectivity index (χ1) is 14.1. The first kappa shape index (κ1) is 17.7. The lowest BCUT2D eigenvalue weighted by atomic mass is 9.90. The van der Waals surface area contributed by atoms with E-state index in [2.05, 4.69) is 41.9 Å². The summed E-state index contributed by atoms with van der Waals surface area (Å²) >= 11 is 0. The smallest absolute Gasteiger partial charge is 0.254 e. The van der Waals surface area contributed by atoms with Gasteiger partial charge >= 0.3 is 0 Å². The molecule has 0 bridgehead atoms. The molecular weight excluding hydrogens is 364 g/mol. The Hall–Kier alpha value is -3.41. The summed E-state index contributed by atoms with van der Waals surface area (Å²) in [6.45, 7) is 7.47. The van der Waals surface area contributed by atoms with Crippen LogP contribution in [0.15, 0.2) is 49.2 Å². The van der Waals surface area contributed by atoms with Crippen molar-refractivity contribution >= 4 is 22.7 Å². The second kappa shape index (κ2) is 6.58. The molecule has 0 unspecified atom stereocenters. The van der Waals surface area contributed by atoms with Gasteiger partial charge in [0.05, 0.1) is 17.8 Å². The molecule has 2 aliphatic heterocycles. The van der Waals surface area contributed by atoms with Gasteiger partial charge in [0.1, 0.15) is 0 Å². The van der Waals surface area contributed by atoms with Crippen LogP contribution < -0.4 is 0 Å². The van der Waals surface area contributed by atoms with Crippen LogP contribution in [0.4, 0.5) is 0 Å². The van der Waals surface area contributed by atoms with Crippen molar-refractivity contribution < 1.29 is 9.59 Å². The van der Waals surface area contributed by atoms with Gasteiger partial charge in [0, 0.05) is 30.6 Å². The number of amides is 2. The summed E-state index contributed by atoms with van der Waals surface area (Å²) in [5, 5.41) is 8.25. The number of aryl methyl sites for hydroxylation is 1. The Bertz CT molecular complexity index is 1160. The Kier molecular flexibility index (Phi) is 4.01. The molecule has 2 aliphatic rings. The van der Waals surface area contributed by atoms with Gasteiger partial charge < -0.3 is 9.80 Å². The highest BCUT2D eigenvalue weighted by atomic mass is 16.2. The molecule has 6 nitrogen and oxygen atoms in total. The van der Waals surface area contributed by atoms with E-state index in [1.165, 1.54) is 6.08 Å². The molecule has 1 aromatic heterocycles. The average Bonchev–Trinajstić information content (AvgIpc) is 3.17. The van der Waals surface area contributed by atoms with E-state index < -0.39 is 0 Å². The summed E-state index contributed by atoms with van der Waals surface area (Å²) in [7, 11) is 0. The van der Waals surface area contributed by atoms with Crippen LogP contribution in [-0.2, 0) is 11.2 Å². The van der Waals surface area contributed by atoms with Crippen LogP contribution in [0.3, 0.4) is 0 Å². The number of carbonyl (C=O) groups excluding carboxylic acids is 2.